The van der Waals surface area contributed by atoms with E-state index in [9.17, 15) is 9.18 Å². The van der Waals surface area contributed by atoms with Gasteiger partial charge in [0, 0.05) is 6.07 Å². The summed E-state index contributed by atoms with van der Waals surface area (Å²) in [5.74, 6) is -0.501. The Balaban J connectivity index is 2.47. The van der Waals surface area contributed by atoms with Crippen molar-refractivity contribution in [2.45, 2.75) is 13.0 Å². The number of anilines is 2. The average molecular weight is 196 g/mol. The predicted octanol–water partition coefficient (Wildman–Crippen LogP) is 1.13. The van der Waals surface area contributed by atoms with Gasteiger partial charge in [-0.05, 0) is 13.0 Å². The Bertz CT molecular complexity index is 406. The number of nitrogen functional groups attached to an aromatic ring is 1. The molecule has 0 saturated heterocycles. The van der Waals surface area contributed by atoms with Crippen LogP contribution >= 0.6 is 0 Å². The summed E-state index contributed by atoms with van der Waals surface area (Å²) in [6, 6.07) is 2.51. The highest BCUT2D eigenvalue weighted by atomic mass is 19.1. The largest absolute Gasteiger partial charge is 0.479 e. The molecule has 4 nitrogen and oxygen atoms in total. The van der Waals surface area contributed by atoms with E-state index in [0.29, 0.717) is 11.4 Å². The third-order valence-electron chi connectivity index (χ3n) is 2.03. The Kier molecular flexibility index (Phi) is 1.80. The van der Waals surface area contributed by atoms with Gasteiger partial charge in [-0.25, -0.2) is 4.39 Å². The van der Waals surface area contributed by atoms with Gasteiger partial charge in [-0.2, -0.15) is 0 Å². The van der Waals surface area contributed by atoms with Gasteiger partial charge >= 0.3 is 0 Å². The van der Waals surface area contributed by atoms with Crippen LogP contribution in [0.1, 0.15) is 6.92 Å². The highest BCUT2D eigenvalue weighted by Crippen LogP contribution is 2.32. The first-order valence-electron chi connectivity index (χ1n) is 4.14. The van der Waals surface area contributed by atoms with Crippen LogP contribution in [0.5, 0.6) is 5.75 Å². The number of amides is 1. The molecule has 0 spiro atoms. The van der Waals surface area contributed by atoms with Gasteiger partial charge < -0.3 is 15.8 Å². The molecule has 5 heteroatoms. The highest BCUT2D eigenvalue weighted by molar-refractivity contribution is 5.97. The second kappa shape index (κ2) is 2.87. The van der Waals surface area contributed by atoms with Gasteiger partial charge in [-0.15, -0.1) is 0 Å². The molecule has 1 aromatic carbocycles. The van der Waals surface area contributed by atoms with E-state index in [2.05, 4.69) is 5.32 Å². The van der Waals surface area contributed by atoms with E-state index >= 15 is 0 Å². The van der Waals surface area contributed by atoms with E-state index in [1.54, 1.807) is 6.92 Å². The van der Waals surface area contributed by atoms with E-state index in [1.807, 2.05) is 0 Å². The molecule has 1 amide bonds. The van der Waals surface area contributed by atoms with Gasteiger partial charge in [-0.1, -0.05) is 0 Å². The van der Waals surface area contributed by atoms with Gasteiger partial charge in [0.15, 0.2) is 6.10 Å². The van der Waals surface area contributed by atoms with E-state index in [1.165, 1.54) is 12.1 Å². The second-order valence-electron chi connectivity index (χ2n) is 3.12. The number of nitrogens with one attached hydrogen (secondary N) is 1. The zero-order chi connectivity index (χ0) is 10.3. The molecular weight excluding hydrogens is 187 g/mol. The molecule has 14 heavy (non-hydrogen) atoms. The first-order chi connectivity index (χ1) is 6.58. The maximum absolute atomic E-state index is 13.0. The SMILES string of the molecule is CC1Oc2cc(F)c(N)cc2NC1=O. The number of halogens is 1. The zero-order valence-electron chi connectivity index (χ0n) is 7.50. The smallest absolute Gasteiger partial charge is 0.265 e. The molecule has 0 saturated carbocycles. The summed E-state index contributed by atoms with van der Waals surface area (Å²) >= 11 is 0. The van der Waals surface area contributed by atoms with Crippen LogP contribution in [-0.2, 0) is 4.79 Å². The molecule has 1 atom stereocenters. The van der Waals surface area contributed by atoms with E-state index in [-0.39, 0.29) is 11.6 Å². The lowest BCUT2D eigenvalue weighted by molar-refractivity contribution is -0.122. The van der Waals surface area contributed by atoms with Crippen molar-refractivity contribution in [3.8, 4) is 5.75 Å². The molecule has 0 radical (unpaired) electrons. The molecule has 1 aromatic rings. The van der Waals surface area contributed by atoms with Crippen LogP contribution in [0, 0.1) is 5.82 Å². The molecule has 3 N–H and O–H groups in total. The van der Waals surface area contributed by atoms with E-state index in [0.717, 1.165) is 0 Å². The molecule has 74 valence electrons. The monoisotopic (exact) mass is 196 g/mol. The molecule has 1 aliphatic heterocycles. The van der Waals surface area contributed by atoms with Crippen LogP contribution in [-0.4, -0.2) is 12.0 Å². The number of nitrogens with two attached hydrogens (primary N) is 1. The molecule has 0 aliphatic carbocycles. The summed E-state index contributed by atoms with van der Waals surface area (Å²) in [5, 5.41) is 2.57. The third-order valence-corrected chi connectivity index (χ3v) is 2.03. The Morgan fingerprint density at radius 3 is 3.00 bits per heavy atom. The molecule has 1 aliphatic rings. The van der Waals surface area contributed by atoms with Crippen molar-refractivity contribution in [2.75, 3.05) is 11.1 Å². The number of hydrogen-bond acceptors (Lipinski definition) is 3. The minimum Gasteiger partial charge on any atom is -0.479 e. The van der Waals surface area contributed by atoms with Gasteiger partial charge in [-0.3, -0.25) is 4.79 Å². The first kappa shape index (κ1) is 8.80. The summed E-state index contributed by atoms with van der Waals surface area (Å²) in [5.41, 5.74) is 5.74. The standard InChI is InChI=1S/C9H9FN2O2/c1-4-9(13)12-7-3-6(11)5(10)2-8(7)14-4/h2-4H,11H2,1H3,(H,12,13). The number of fused-ring (bicyclic) bond motifs is 1. The summed E-state index contributed by atoms with van der Waals surface area (Å²) < 4.78 is 18.2. The van der Waals surface area contributed by atoms with Gasteiger partial charge in [0.25, 0.3) is 5.91 Å². The third kappa shape index (κ3) is 1.26. The summed E-state index contributed by atoms with van der Waals surface area (Å²) in [6.07, 6.45) is -0.606. The summed E-state index contributed by atoms with van der Waals surface area (Å²) in [6.45, 7) is 1.59. The molecule has 2 rings (SSSR count). The molecule has 0 fully saturated rings. The van der Waals surface area contributed by atoms with Crippen molar-refractivity contribution in [3.05, 3.63) is 17.9 Å². The van der Waals surface area contributed by atoms with Gasteiger partial charge in [0.2, 0.25) is 0 Å². The van der Waals surface area contributed by atoms with Crippen molar-refractivity contribution >= 4 is 17.3 Å². The van der Waals surface area contributed by atoms with Gasteiger partial charge in [0.1, 0.15) is 11.6 Å². The Labute approximate surface area is 79.9 Å². The minimum absolute atomic E-state index is 0.0118. The predicted molar refractivity (Wildman–Crippen MR) is 49.5 cm³/mol. The van der Waals surface area contributed by atoms with Crippen LogP contribution in [0.4, 0.5) is 15.8 Å². The summed E-state index contributed by atoms with van der Waals surface area (Å²) in [4.78, 5) is 11.2. The number of benzene rings is 1. The van der Waals surface area contributed by atoms with Crippen molar-refractivity contribution < 1.29 is 13.9 Å². The first-order valence-corrected chi connectivity index (χ1v) is 4.14. The topological polar surface area (TPSA) is 64.3 Å². The number of rotatable bonds is 0. The lowest BCUT2D eigenvalue weighted by atomic mass is 10.2. The van der Waals surface area contributed by atoms with Crippen LogP contribution < -0.4 is 15.8 Å². The van der Waals surface area contributed by atoms with E-state index in [4.69, 9.17) is 10.5 Å². The Morgan fingerprint density at radius 1 is 1.57 bits per heavy atom. The normalized spacial score (nSPS) is 19.6. The molecular formula is C9H9FN2O2. The van der Waals surface area contributed by atoms with Crippen LogP contribution in [0.3, 0.4) is 0 Å². The molecule has 1 heterocycles. The zero-order valence-corrected chi connectivity index (χ0v) is 7.50. The molecule has 0 bridgehead atoms. The highest BCUT2D eigenvalue weighted by Gasteiger charge is 2.24. The minimum atomic E-state index is -0.606. The van der Waals surface area contributed by atoms with Gasteiger partial charge in [0.05, 0.1) is 11.4 Å². The maximum Gasteiger partial charge on any atom is 0.265 e. The Hall–Kier alpha value is -1.78. The van der Waals surface area contributed by atoms with Crippen molar-refractivity contribution in [1.82, 2.24) is 0 Å². The Morgan fingerprint density at radius 2 is 2.29 bits per heavy atom. The van der Waals surface area contributed by atoms with Crippen LogP contribution in [0.15, 0.2) is 12.1 Å². The quantitative estimate of drug-likeness (QED) is 0.611. The van der Waals surface area contributed by atoms with E-state index < -0.39 is 11.9 Å². The fourth-order valence-electron chi connectivity index (χ4n) is 1.25. The number of carbonyl (C=O) groups excluding carboxylic acids is 1. The number of hydrogen-bond donors (Lipinski definition) is 2. The van der Waals surface area contributed by atoms with Crippen molar-refractivity contribution in [1.29, 1.82) is 0 Å². The fraction of sp³-hybridized carbons (Fsp3) is 0.222. The maximum atomic E-state index is 13.0. The lowest BCUT2D eigenvalue weighted by Crippen LogP contribution is -2.34. The number of ether oxygens (including phenoxy) is 1. The molecule has 0 aromatic heterocycles. The van der Waals surface area contributed by atoms with Crippen molar-refractivity contribution in [3.63, 3.8) is 0 Å². The number of carbonyl (C=O) groups is 1. The van der Waals surface area contributed by atoms with Crippen LogP contribution in [0.25, 0.3) is 0 Å². The second-order valence-corrected chi connectivity index (χ2v) is 3.12. The summed E-state index contributed by atoms with van der Waals surface area (Å²) in [7, 11) is 0. The average Bonchev–Trinajstić information content (AvgIpc) is 2.11. The fourth-order valence-corrected chi connectivity index (χ4v) is 1.25. The van der Waals surface area contributed by atoms with Crippen LogP contribution in [0.2, 0.25) is 0 Å². The molecule has 1 unspecified atom stereocenters. The lowest BCUT2D eigenvalue weighted by Gasteiger charge is -2.23. The van der Waals surface area contributed by atoms with Crippen molar-refractivity contribution in [2.24, 2.45) is 0 Å².